The van der Waals surface area contributed by atoms with E-state index in [9.17, 15) is 22.0 Å². The van der Waals surface area contributed by atoms with Crippen molar-refractivity contribution in [1.29, 1.82) is 0 Å². The Labute approximate surface area is 217 Å². The van der Waals surface area contributed by atoms with Crippen LogP contribution in [0, 0.1) is 47.1 Å². The molecule has 0 amide bonds. The smallest absolute Gasteiger partial charge is 0.352 e. The first-order valence-corrected chi connectivity index (χ1v) is 14.1. The molecule has 0 bridgehead atoms. The van der Waals surface area contributed by atoms with E-state index in [1.165, 1.54) is 51.4 Å². The molecule has 4 rings (SSSR count). The molecular formula is C30H39F5O2. The fourth-order valence-corrected chi connectivity index (χ4v) is 6.51. The average molecular weight is 527 g/mol. The van der Waals surface area contributed by atoms with Gasteiger partial charge in [0.15, 0.2) is 6.29 Å². The number of alkyl halides is 3. The fraction of sp³-hybridized carbons (Fsp3) is 0.733. The second-order valence-electron chi connectivity index (χ2n) is 11.3. The van der Waals surface area contributed by atoms with Crippen molar-refractivity contribution in [3.63, 3.8) is 0 Å². The predicted molar refractivity (Wildman–Crippen MR) is 133 cm³/mol. The average Bonchev–Trinajstić information content (AvgIpc) is 2.88. The van der Waals surface area contributed by atoms with Crippen LogP contribution >= 0.6 is 0 Å². The first kappa shape index (κ1) is 28.4. The van der Waals surface area contributed by atoms with E-state index < -0.39 is 23.4 Å². The summed E-state index contributed by atoms with van der Waals surface area (Å²) in [5.74, 6) is 2.67. The van der Waals surface area contributed by atoms with Crippen LogP contribution in [0.1, 0.15) is 101 Å². The number of ether oxygens (including phenoxy) is 2. The highest BCUT2D eigenvalue weighted by molar-refractivity contribution is 5.40. The van der Waals surface area contributed by atoms with E-state index in [0.717, 1.165) is 62.9 Å². The van der Waals surface area contributed by atoms with Gasteiger partial charge in [-0.1, -0.05) is 51.4 Å². The van der Waals surface area contributed by atoms with Crippen LogP contribution in [0.4, 0.5) is 22.0 Å². The minimum atomic E-state index is -4.80. The number of unbranched alkanes of at least 4 members (excludes halogenated alkanes) is 2. The second-order valence-corrected chi connectivity index (χ2v) is 11.3. The maximum absolute atomic E-state index is 14.3. The zero-order valence-corrected chi connectivity index (χ0v) is 21.7. The molecule has 0 N–H and O–H groups in total. The third-order valence-corrected chi connectivity index (χ3v) is 8.74. The van der Waals surface area contributed by atoms with Crippen molar-refractivity contribution in [2.45, 2.75) is 102 Å². The Hall–Kier alpha value is -1.65. The highest BCUT2D eigenvalue weighted by Crippen LogP contribution is 2.42. The van der Waals surface area contributed by atoms with E-state index >= 15 is 0 Å². The van der Waals surface area contributed by atoms with Gasteiger partial charge in [-0.2, -0.15) is 13.2 Å². The molecule has 2 nitrogen and oxygen atoms in total. The lowest BCUT2D eigenvalue weighted by Gasteiger charge is -2.41. The maximum Gasteiger partial charge on any atom is 0.458 e. The molecule has 7 heteroatoms. The van der Waals surface area contributed by atoms with Gasteiger partial charge in [0.05, 0.1) is 18.8 Å². The Morgan fingerprint density at radius 1 is 0.811 bits per heavy atom. The number of rotatable bonds is 7. The molecule has 3 fully saturated rings. The molecule has 37 heavy (non-hydrogen) atoms. The van der Waals surface area contributed by atoms with Crippen molar-refractivity contribution in [3.8, 4) is 11.8 Å². The fourth-order valence-electron chi connectivity index (χ4n) is 6.51. The summed E-state index contributed by atoms with van der Waals surface area (Å²) < 4.78 is 78.0. The Morgan fingerprint density at radius 3 is 1.97 bits per heavy atom. The van der Waals surface area contributed by atoms with Crippen LogP contribution in [0.2, 0.25) is 0 Å². The van der Waals surface area contributed by atoms with Gasteiger partial charge >= 0.3 is 6.18 Å². The number of benzene rings is 1. The molecule has 0 radical (unpaired) electrons. The van der Waals surface area contributed by atoms with E-state index in [4.69, 9.17) is 9.47 Å². The van der Waals surface area contributed by atoms with Crippen LogP contribution in [0.15, 0.2) is 12.1 Å². The lowest BCUT2D eigenvalue weighted by Crippen LogP contribution is -2.41. The van der Waals surface area contributed by atoms with Gasteiger partial charge in [-0.3, -0.25) is 0 Å². The molecule has 2 aliphatic carbocycles. The normalized spacial score (nSPS) is 31.0. The molecule has 2 saturated carbocycles. The van der Waals surface area contributed by atoms with E-state index in [1.807, 2.05) is 0 Å². The summed E-state index contributed by atoms with van der Waals surface area (Å²) in [7, 11) is 0. The van der Waals surface area contributed by atoms with E-state index in [0.29, 0.717) is 17.4 Å². The molecule has 3 aliphatic rings. The summed E-state index contributed by atoms with van der Waals surface area (Å²) >= 11 is 0. The molecule has 0 spiro atoms. The highest BCUT2D eigenvalue weighted by Gasteiger charge is 2.36. The zero-order chi connectivity index (χ0) is 26.4. The van der Waals surface area contributed by atoms with Gasteiger partial charge in [0.25, 0.3) is 0 Å². The van der Waals surface area contributed by atoms with Gasteiger partial charge < -0.3 is 9.47 Å². The summed E-state index contributed by atoms with van der Waals surface area (Å²) in [5, 5.41) is 0. The largest absolute Gasteiger partial charge is 0.458 e. The number of hydrogen-bond acceptors (Lipinski definition) is 2. The van der Waals surface area contributed by atoms with Crippen molar-refractivity contribution >= 4 is 0 Å². The summed E-state index contributed by atoms with van der Waals surface area (Å²) in [4.78, 5) is 0. The van der Waals surface area contributed by atoms with Crippen molar-refractivity contribution < 1.29 is 31.4 Å². The Balaban J connectivity index is 1.22. The summed E-state index contributed by atoms with van der Waals surface area (Å²) in [5.41, 5.74) is -0.361. The minimum absolute atomic E-state index is 0.0475. The summed E-state index contributed by atoms with van der Waals surface area (Å²) in [6.07, 6.45) is 8.64. The molecule has 1 aromatic rings. The van der Waals surface area contributed by atoms with Crippen molar-refractivity contribution in [1.82, 2.24) is 0 Å². The van der Waals surface area contributed by atoms with Crippen LogP contribution < -0.4 is 0 Å². The number of halogens is 5. The minimum Gasteiger partial charge on any atom is -0.352 e. The van der Waals surface area contributed by atoms with Gasteiger partial charge in [-0.15, -0.1) is 0 Å². The molecule has 0 aromatic heterocycles. The predicted octanol–water partition coefficient (Wildman–Crippen LogP) is 8.53. The van der Waals surface area contributed by atoms with Crippen LogP contribution in [0.25, 0.3) is 0 Å². The van der Waals surface area contributed by atoms with Gasteiger partial charge in [0, 0.05) is 17.8 Å². The summed E-state index contributed by atoms with van der Waals surface area (Å²) in [6, 6.07) is 2.26. The van der Waals surface area contributed by atoms with Gasteiger partial charge in [0.1, 0.15) is 11.6 Å². The zero-order valence-electron chi connectivity index (χ0n) is 21.7. The third kappa shape index (κ3) is 7.93. The Kier molecular flexibility index (Phi) is 9.91. The Bertz CT molecular complexity index is 903. The molecule has 1 aliphatic heterocycles. The van der Waals surface area contributed by atoms with Crippen molar-refractivity contribution in [3.05, 3.63) is 34.9 Å². The molecule has 1 saturated heterocycles. The van der Waals surface area contributed by atoms with Gasteiger partial charge in [0.2, 0.25) is 0 Å². The quantitative estimate of drug-likeness (QED) is 0.201. The highest BCUT2D eigenvalue weighted by atomic mass is 19.4. The van der Waals surface area contributed by atoms with Crippen LogP contribution in [-0.2, 0) is 9.47 Å². The molecule has 1 aromatic carbocycles. The Morgan fingerprint density at radius 2 is 1.41 bits per heavy atom. The van der Waals surface area contributed by atoms with Crippen LogP contribution in [0.5, 0.6) is 0 Å². The van der Waals surface area contributed by atoms with E-state index in [-0.39, 0.29) is 18.1 Å². The first-order valence-electron chi connectivity index (χ1n) is 14.1. The second kappa shape index (κ2) is 12.9. The standard InChI is InChI=1S/C30H39F5O2/c1-2-3-4-5-20-6-8-22(9-7-20)25-18-36-29(37-19-25)23-12-10-21(11-13-23)24-16-27(31)26(28(32)17-24)14-15-30(33,34)35/h16-17,20-23,25,29H,2-13,18-19H2,1H3. The topological polar surface area (TPSA) is 18.5 Å². The van der Waals surface area contributed by atoms with Crippen LogP contribution in [-0.4, -0.2) is 25.7 Å². The molecular weight excluding hydrogens is 487 g/mol. The SMILES string of the molecule is CCCCCC1CCC(C2COC(C3CCC(c4cc(F)c(C#CC(F)(F)F)c(F)c4)CC3)OC2)CC1. The van der Waals surface area contributed by atoms with Crippen LogP contribution in [0.3, 0.4) is 0 Å². The van der Waals surface area contributed by atoms with Gasteiger partial charge in [-0.05, 0) is 74.0 Å². The first-order chi connectivity index (χ1) is 17.7. The number of hydrogen-bond donors (Lipinski definition) is 0. The molecule has 0 unspecified atom stereocenters. The molecule has 1 heterocycles. The monoisotopic (exact) mass is 526 g/mol. The van der Waals surface area contributed by atoms with E-state index in [2.05, 4.69) is 6.92 Å². The third-order valence-electron chi connectivity index (χ3n) is 8.74. The molecule has 206 valence electrons. The lowest BCUT2D eigenvalue weighted by molar-refractivity contribution is -0.236. The van der Waals surface area contributed by atoms with Gasteiger partial charge in [-0.25, -0.2) is 8.78 Å². The van der Waals surface area contributed by atoms with E-state index in [1.54, 1.807) is 5.92 Å². The molecule has 0 atom stereocenters. The maximum atomic E-state index is 14.3. The lowest BCUT2D eigenvalue weighted by atomic mass is 9.74. The van der Waals surface area contributed by atoms with Crippen molar-refractivity contribution in [2.75, 3.05) is 13.2 Å². The summed E-state index contributed by atoms with van der Waals surface area (Å²) in [6.45, 7) is 3.74. The van der Waals surface area contributed by atoms with Crippen molar-refractivity contribution in [2.24, 2.45) is 23.7 Å².